The van der Waals surface area contributed by atoms with Gasteiger partial charge in [0.2, 0.25) is 5.95 Å². The van der Waals surface area contributed by atoms with Crippen LogP contribution in [0.25, 0.3) is 0 Å². The van der Waals surface area contributed by atoms with Crippen molar-refractivity contribution in [2.45, 2.75) is 6.18 Å². The molecule has 2 N–H and O–H groups in total. The Morgan fingerprint density at radius 2 is 1.73 bits per heavy atom. The Hall–Kier alpha value is -3.67. The van der Waals surface area contributed by atoms with Gasteiger partial charge in [0.15, 0.2) is 5.82 Å². The predicted octanol–water partition coefficient (Wildman–Crippen LogP) is 4.25. The molecule has 130 valence electrons. The van der Waals surface area contributed by atoms with Gasteiger partial charge in [-0.2, -0.15) is 28.5 Å². The molecule has 1 heterocycles. The molecular weight excluding hydrogens is 345 g/mol. The molecule has 0 radical (unpaired) electrons. The van der Waals surface area contributed by atoms with E-state index in [0.717, 1.165) is 12.1 Å². The molecule has 26 heavy (non-hydrogen) atoms. The van der Waals surface area contributed by atoms with E-state index in [0.29, 0.717) is 22.8 Å². The molecule has 0 saturated heterocycles. The highest BCUT2D eigenvalue weighted by Gasteiger charge is 2.29. The fourth-order valence-corrected chi connectivity index (χ4v) is 2.10. The topological polar surface area (TPSA) is 86.5 Å². The molecule has 0 aliphatic rings. The molecule has 0 saturated carbocycles. The Morgan fingerprint density at radius 3 is 2.42 bits per heavy atom. The summed E-state index contributed by atoms with van der Waals surface area (Å²) in [5.41, 5.74) is 0.781. The molecule has 0 amide bonds. The van der Waals surface area contributed by atoms with Gasteiger partial charge >= 0.3 is 6.18 Å². The van der Waals surface area contributed by atoms with Crippen LogP contribution in [0.2, 0.25) is 0 Å². The summed E-state index contributed by atoms with van der Waals surface area (Å²) in [5.74, 6) is 0.482. The van der Waals surface area contributed by atoms with Crippen LogP contribution in [0.4, 0.5) is 36.3 Å². The Labute approximate surface area is 146 Å². The van der Waals surface area contributed by atoms with Crippen LogP contribution in [-0.4, -0.2) is 15.2 Å². The molecule has 0 aliphatic carbocycles. The summed E-state index contributed by atoms with van der Waals surface area (Å²) in [6.45, 7) is 0. The molecule has 0 unspecified atom stereocenters. The molecule has 0 aliphatic heterocycles. The van der Waals surface area contributed by atoms with Gasteiger partial charge in [0.1, 0.15) is 0 Å². The molecule has 3 aromatic rings. The third kappa shape index (κ3) is 4.24. The van der Waals surface area contributed by atoms with Crippen molar-refractivity contribution in [3.8, 4) is 6.07 Å². The van der Waals surface area contributed by atoms with Gasteiger partial charge in [0.25, 0.3) is 0 Å². The quantitative estimate of drug-likeness (QED) is 0.727. The number of nitrogens with zero attached hydrogens (tertiary/aromatic N) is 4. The lowest BCUT2D eigenvalue weighted by molar-refractivity contribution is -0.137. The van der Waals surface area contributed by atoms with Crippen molar-refractivity contribution in [3.05, 3.63) is 65.9 Å². The van der Waals surface area contributed by atoms with Gasteiger partial charge in [-0.1, -0.05) is 6.07 Å². The number of rotatable bonds is 4. The maximum absolute atomic E-state index is 12.6. The Balaban J connectivity index is 1.74. The van der Waals surface area contributed by atoms with E-state index >= 15 is 0 Å². The molecule has 0 bridgehead atoms. The van der Waals surface area contributed by atoms with Gasteiger partial charge in [-0.3, -0.25) is 0 Å². The number of benzene rings is 2. The van der Waals surface area contributed by atoms with Crippen molar-refractivity contribution in [1.82, 2.24) is 15.2 Å². The summed E-state index contributed by atoms with van der Waals surface area (Å²) < 4.78 is 37.7. The first-order valence-electron chi connectivity index (χ1n) is 7.35. The monoisotopic (exact) mass is 356 g/mol. The second kappa shape index (κ2) is 7.06. The van der Waals surface area contributed by atoms with E-state index in [1.54, 1.807) is 24.3 Å². The number of aromatic nitrogens is 3. The summed E-state index contributed by atoms with van der Waals surface area (Å²) in [6, 6.07) is 13.3. The van der Waals surface area contributed by atoms with Gasteiger partial charge in [0, 0.05) is 11.4 Å². The fourth-order valence-electron chi connectivity index (χ4n) is 2.10. The normalized spacial score (nSPS) is 10.8. The fraction of sp³-hybridized carbons (Fsp3) is 0.0588. The number of anilines is 4. The molecule has 3 rings (SSSR count). The third-order valence-electron chi connectivity index (χ3n) is 3.29. The van der Waals surface area contributed by atoms with Gasteiger partial charge in [-0.25, -0.2) is 0 Å². The summed E-state index contributed by atoms with van der Waals surface area (Å²) in [4.78, 5) is 4.19. The number of nitriles is 1. The molecule has 1 aromatic heterocycles. The van der Waals surface area contributed by atoms with Crippen molar-refractivity contribution in [2.75, 3.05) is 10.6 Å². The Bertz CT molecular complexity index is 948. The number of hydrogen-bond donors (Lipinski definition) is 2. The highest BCUT2D eigenvalue weighted by atomic mass is 19.4. The lowest BCUT2D eigenvalue weighted by Gasteiger charge is -2.09. The van der Waals surface area contributed by atoms with E-state index < -0.39 is 11.7 Å². The first-order chi connectivity index (χ1) is 12.4. The highest BCUT2D eigenvalue weighted by molar-refractivity contribution is 5.60. The van der Waals surface area contributed by atoms with Crippen molar-refractivity contribution in [3.63, 3.8) is 0 Å². The van der Waals surface area contributed by atoms with Crippen molar-refractivity contribution < 1.29 is 13.2 Å². The van der Waals surface area contributed by atoms with Crippen LogP contribution < -0.4 is 10.6 Å². The van der Waals surface area contributed by atoms with Gasteiger partial charge < -0.3 is 10.6 Å². The zero-order valence-corrected chi connectivity index (χ0v) is 13.1. The van der Waals surface area contributed by atoms with Crippen molar-refractivity contribution in [2.24, 2.45) is 0 Å². The first-order valence-corrected chi connectivity index (χ1v) is 7.35. The Morgan fingerprint density at radius 1 is 0.962 bits per heavy atom. The minimum atomic E-state index is -4.39. The molecule has 0 atom stereocenters. The van der Waals surface area contributed by atoms with Crippen LogP contribution in [0.1, 0.15) is 11.1 Å². The van der Waals surface area contributed by atoms with Crippen LogP contribution in [-0.2, 0) is 6.18 Å². The standard InChI is InChI=1S/C17H11F3N6/c18-17(19,20)12-4-6-13(7-5-12)24-16-25-15(10-22-26-16)23-14-3-1-2-11(8-14)9-21/h1-8,10H,(H2,23,24,25,26). The summed E-state index contributed by atoms with van der Waals surface area (Å²) in [6.07, 6.45) is -3.00. The van der Waals surface area contributed by atoms with Gasteiger partial charge in [-0.15, -0.1) is 5.10 Å². The number of hydrogen-bond acceptors (Lipinski definition) is 6. The summed E-state index contributed by atoms with van der Waals surface area (Å²) in [7, 11) is 0. The van der Waals surface area contributed by atoms with Crippen molar-refractivity contribution >= 4 is 23.1 Å². The van der Waals surface area contributed by atoms with E-state index in [2.05, 4.69) is 25.8 Å². The zero-order valence-electron chi connectivity index (χ0n) is 13.1. The van der Waals surface area contributed by atoms with Crippen LogP contribution in [0.5, 0.6) is 0 Å². The maximum atomic E-state index is 12.6. The molecule has 6 nitrogen and oxygen atoms in total. The SMILES string of the molecule is N#Cc1cccc(Nc2cnnc(Nc3ccc(C(F)(F)F)cc3)n2)c1. The van der Waals surface area contributed by atoms with Crippen LogP contribution in [0.15, 0.2) is 54.7 Å². The Kier molecular flexibility index (Phi) is 4.66. The lowest BCUT2D eigenvalue weighted by Crippen LogP contribution is -2.05. The number of alkyl halides is 3. The van der Waals surface area contributed by atoms with Gasteiger partial charge in [-0.05, 0) is 42.5 Å². The van der Waals surface area contributed by atoms with E-state index in [1.165, 1.54) is 18.3 Å². The number of nitrogens with one attached hydrogen (secondary N) is 2. The lowest BCUT2D eigenvalue weighted by atomic mass is 10.2. The summed E-state index contributed by atoms with van der Waals surface area (Å²) in [5, 5.41) is 22.3. The van der Waals surface area contributed by atoms with E-state index in [1.807, 2.05) is 6.07 Å². The highest BCUT2D eigenvalue weighted by Crippen LogP contribution is 2.30. The number of halogens is 3. The van der Waals surface area contributed by atoms with E-state index in [9.17, 15) is 13.2 Å². The van der Waals surface area contributed by atoms with Crippen LogP contribution in [0, 0.1) is 11.3 Å². The maximum Gasteiger partial charge on any atom is 0.416 e. The average molecular weight is 356 g/mol. The smallest absolute Gasteiger partial charge is 0.339 e. The molecule has 9 heteroatoms. The zero-order chi connectivity index (χ0) is 18.6. The van der Waals surface area contributed by atoms with Crippen molar-refractivity contribution in [1.29, 1.82) is 5.26 Å². The van der Waals surface area contributed by atoms with Crippen LogP contribution >= 0.6 is 0 Å². The average Bonchev–Trinajstić information content (AvgIpc) is 2.62. The summed E-state index contributed by atoms with van der Waals surface area (Å²) >= 11 is 0. The second-order valence-corrected chi connectivity index (χ2v) is 5.18. The second-order valence-electron chi connectivity index (χ2n) is 5.18. The van der Waals surface area contributed by atoms with E-state index in [-0.39, 0.29) is 5.95 Å². The molecule has 0 fully saturated rings. The molecular formula is C17H11F3N6. The third-order valence-corrected chi connectivity index (χ3v) is 3.29. The largest absolute Gasteiger partial charge is 0.416 e. The van der Waals surface area contributed by atoms with Gasteiger partial charge in [0.05, 0.1) is 23.4 Å². The predicted molar refractivity (Wildman–Crippen MR) is 89.0 cm³/mol. The molecule has 2 aromatic carbocycles. The molecule has 0 spiro atoms. The first kappa shape index (κ1) is 17.2. The van der Waals surface area contributed by atoms with E-state index in [4.69, 9.17) is 5.26 Å². The van der Waals surface area contributed by atoms with Crippen LogP contribution in [0.3, 0.4) is 0 Å². The minimum Gasteiger partial charge on any atom is -0.339 e. The minimum absolute atomic E-state index is 0.117.